The van der Waals surface area contributed by atoms with Gasteiger partial charge in [-0.1, -0.05) is 41.6 Å². The molecule has 0 spiro atoms. The van der Waals surface area contributed by atoms with Crippen molar-refractivity contribution in [3.8, 4) is 5.75 Å². The van der Waals surface area contributed by atoms with E-state index in [0.717, 1.165) is 5.69 Å². The van der Waals surface area contributed by atoms with Crippen LogP contribution in [-0.4, -0.2) is 54.0 Å². The van der Waals surface area contributed by atoms with Crippen LogP contribution in [0, 0.1) is 0 Å². The maximum absolute atomic E-state index is 13.1. The summed E-state index contributed by atoms with van der Waals surface area (Å²) in [6.07, 6.45) is 0.696. The van der Waals surface area contributed by atoms with Crippen LogP contribution in [0.25, 0.3) is 0 Å². The van der Waals surface area contributed by atoms with E-state index in [1.54, 1.807) is 23.1 Å². The first kappa shape index (κ1) is 24.1. The number of thioether (sulfide) groups is 1. The van der Waals surface area contributed by atoms with Crippen molar-refractivity contribution >= 4 is 51.7 Å². The molecule has 3 rings (SSSR count). The van der Waals surface area contributed by atoms with E-state index in [1.807, 2.05) is 37.3 Å². The van der Waals surface area contributed by atoms with Crippen LogP contribution in [0.3, 0.4) is 0 Å². The van der Waals surface area contributed by atoms with Gasteiger partial charge in [-0.25, -0.2) is 4.99 Å². The van der Waals surface area contributed by atoms with Crippen LogP contribution in [0.5, 0.6) is 5.75 Å². The van der Waals surface area contributed by atoms with Crippen molar-refractivity contribution in [3.05, 3.63) is 53.6 Å². The summed E-state index contributed by atoms with van der Waals surface area (Å²) in [5.41, 5.74) is 1.22. The summed E-state index contributed by atoms with van der Waals surface area (Å²) in [5, 5.41) is 3.31. The Labute approximate surface area is 197 Å². The van der Waals surface area contributed by atoms with Crippen LogP contribution < -0.4 is 10.1 Å². The standard InChI is InChI=1S/C23H26ClN3O4S/c1-3-31-13-7-12-27-22(29)20(32-23(27)25-17-8-5-4-6-9-17)15-21(28)26-18-14-16(24)10-11-19(18)30-2/h4-6,8-11,14,20H,3,7,12-13,15H2,1-2H3,(H,26,28). The van der Waals surface area contributed by atoms with E-state index < -0.39 is 5.25 Å². The van der Waals surface area contributed by atoms with Gasteiger partial charge in [0.15, 0.2) is 5.17 Å². The fraction of sp³-hybridized carbons (Fsp3) is 0.348. The number of para-hydroxylation sites is 1. The molecule has 1 aliphatic rings. The van der Waals surface area contributed by atoms with Crippen LogP contribution in [-0.2, 0) is 14.3 Å². The lowest BCUT2D eigenvalue weighted by molar-refractivity contribution is -0.128. The van der Waals surface area contributed by atoms with Crippen LogP contribution in [0.2, 0.25) is 5.02 Å². The minimum Gasteiger partial charge on any atom is -0.495 e. The molecule has 1 fully saturated rings. The van der Waals surface area contributed by atoms with E-state index in [4.69, 9.17) is 21.1 Å². The normalized spacial score (nSPS) is 17.1. The molecule has 1 saturated heterocycles. The van der Waals surface area contributed by atoms with Gasteiger partial charge in [-0.2, -0.15) is 0 Å². The molecule has 9 heteroatoms. The Kier molecular flexibility index (Phi) is 8.96. The Bertz CT molecular complexity index is 971. The van der Waals surface area contributed by atoms with Gasteiger partial charge in [0.05, 0.1) is 18.5 Å². The summed E-state index contributed by atoms with van der Waals surface area (Å²) in [6, 6.07) is 14.4. The molecule has 32 heavy (non-hydrogen) atoms. The molecule has 1 atom stereocenters. The molecule has 0 saturated carbocycles. The topological polar surface area (TPSA) is 80.2 Å². The first-order valence-corrected chi connectivity index (χ1v) is 11.6. The minimum absolute atomic E-state index is 0.00887. The average molecular weight is 476 g/mol. The van der Waals surface area contributed by atoms with Gasteiger partial charge >= 0.3 is 0 Å². The molecule has 170 valence electrons. The number of ether oxygens (including phenoxy) is 2. The number of methoxy groups -OCH3 is 1. The lowest BCUT2D eigenvalue weighted by Gasteiger charge is -2.16. The van der Waals surface area contributed by atoms with Gasteiger partial charge in [0.1, 0.15) is 11.0 Å². The number of anilines is 1. The molecular formula is C23H26ClN3O4S. The second-order valence-corrected chi connectivity index (χ2v) is 8.58. The van der Waals surface area contributed by atoms with Crippen molar-refractivity contribution in [3.63, 3.8) is 0 Å². The fourth-order valence-electron chi connectivity index (χ4n) is 3.16. The number of nitrogens with zero attached hydrogens (tertiary/aromatic N) is 2. The van der Waals surface area contributed by atoms with Crippen LogP contribution in [0.4, 0.5) is 11.4 Å². The quantitative estimate of drug-likeness (QED) is 0.502. The lowest BCUT2D eigenvalue weighted by Crippen LogP contribution is -2.34. The van der Waals surface area contributed by atoms with Gasteiger partial charge in [-0.15, -0.1) is 0 Å². The zero-order chi connectivity index (χ0) is 22.9. The maximum Gasteiger partial charge on any atom is 0.242 e. The van der Waals surface area contributed by atoms with Gasteiger partial charge in [-0.05, 0) is 43.7 Å². The van der Waals surface area contributed by atoms with Crippen molar-refractivity contribution in [1.29, 1.82) is 0 Å². The number of amidine groups is 1. The first-order valence-electron chi connectivity index (χ1n) is 10.3. The number of hydrogen-bond acceptors (Lipinski definition) is 6. The Hall–Kier alpha value is -2.55. The summed E-state index contributed by atoms with van der Waals surface area (Å²) in [5.74, 6) is 0.0677. The third-order valence-electron chi connectivity index (χ3n) is 4.68. The van der Waals surface area contributed by atoms with E-state index in [2.05, 4.69) is 10.3 Å². The molecule has 1 heterocycles. The number of amides is 2. The molecule has 1 aliphatic heterocycles. The maximum atomic E-state index is 13.1. The van der Waals surface area contributed by atoms with Gasteiger partial charge in [-0.3, -0.25) is 14.5 Å². The number of carbonyl (C=O) groups excluding carboxylic acids is 2. The summed E-state index contributed by atoms with van der Waals surface area (Å²) >= 11 is 7.34. The fourth-order valence-corrected chi connectivity index (χ4v) is 4.52. The van der Waals surface area contributed by atoms with Crippen molar-refractivity contribution < 1.29 is 19.1 Å². The number of rotatable bonds is 10. The molecule has 7 nitrogen and oxygen atoms in total. The Morgan fingerprint density at radius 3 is 2.75 bits per heavy atom. The third-order valence-corrected chi connectivity index (χ3v) is 6.09. The third kappa shape index (κ3) is 6.48. The lowest BCUT2D eigenvalue weighted by atomic mass is 10.2. The van der Waals surface area contributed by atoms with Crippen LogP contribution in [0.15, 0.2) is 53.5 Å². The average Bonchev–Trinajstić information content (AvgIpc) is 3.06. The molecule has 0 aromatic heterocycles. The second kappa shape index (κ2) is 11.9. The van der Waals surface area contributed by atoms with Crippen molar-refractivity contribution in [2.24, 2.45) is 4.99 Å². The second-order valence-electron chi connectivity index (χ2n) is 6.97. The minimum atomic E-state index is -0.560. The van der Waals surface area contributed by atoms with E-state index in [0.29, 0.717) is 47.8 Å². The zero-order valence-corrected chi connectivity index (χ0v) is 19.6. The van der Waals surface area contributed by atoms with Crippen LogP contribution in [0.1, 0.15) is 19.8 Å². The number of aliphatic imine (C=N–C) groups is 1. The molecule has 2 amide bonds. The molecule has 0 radical (unpaired) electrons. The predicted octanol–water partition coefficient (Wildman–Crippen LogP) is 4.74. The molecule has 1 unspecified atom stereocenters. The number of nitrogens with one attached hydrogen (secondary N) is 1. The predicted molar refractivity (Wildman–Crippen MR) is 129 cm³/mol. The van der Waals surface area contributed by atoms with Crippen molar-refractivity contribution in [2.75, 3.05) is 32.2 Å². The summed E-state index contributed by atoms with van der Waals surface area (Å²) in [4.78, 5) is 32.1. The Morgan fingerprint density at radius 2 is 2.03 bits per heavy atom. The van der Waals surface area contributed by atoms with Crippen LogP contribution >= 0.6 is 23.4 Å². The number of hydrogen-bond donors (Lipinski definition) is 1. The molecule has 0 aliphatic carbocycles. The number of benzene rings is 2. The highest BCUT2D eigenvalue weighted by molar-refractivity contribution is 8.15. The Morgan fingerprint density at radius 1 is 1.25 bits per heavy atom. The van der Waals surface area contributed by atoms with Crippen molar-refractivity contribution in [1.82, 2.24) is 4.90 Å². The summed E-state index contributed by atoms with van der Waals surface area (Å²) in [6.45, 7) is 3.60. The summed E-state index contributed by atoms with van der Waals surface area (Å²) < 4.78 is 10.7. The highest BCUT2D eigenvalue weighted by Gasteiger charge is 2.39. The molecule has 1 N–H and O–H groups in total. The van der Waals surface area contributed by atoms with Crippen molar-refractivity contribution in [2.45, 2.75) is 25.0 Å². The SMILES string of the molecule is CCOCCCN1C(=O)C(CC(=O)Nc2cc(Cl)ccc2OC)SC1=Nc1ccccc1. The largest absolute Gasteiger partial charge is 0.495 e. The zero-order valence-electron chi connectivity index (χ0n) is 18.0. The molecule has 2 aromatic rings. The molecule has 0 bridgehead atoms. The van der Waals surface area contributed by atoms with E-state index in [1.165, 1.54) is 18.9 Å². The van der Waals surface area contributed by atoms with Gasteiger partial charge in [0, 0.05) is 31.2 Å². The van der Waals surface area contributed by atoms with Gasteiger partial charge in [0.25, 0.3) is 0 Å². The summed E-state index contributed by atoms with van der Waals surface area (Å²) in [7, 11) is 1.52. The van der Waals surface area contributed by atoms with Gasteiger partial charge < -0.3 is 14.8 Å². The smallest absolute Gasteiger partial charge is 0.242 e. The highest BCUT2D eigenvalue weighted by atomic mass is 35.5. The van der Waals surface area contributed by atoms with E-state index in [-0.39, 0.29) is 18.2 Å². The van der Waals surface area contributed by atoms with Gasteiger partial charge in [0.2, 0.25) is 11.8 Å². The Balaban J connectivity index is 1.72. The number of carbonyl (C=O) groups is 2. The number of halogens is 1. The van der Waals surface area contributed by atoms with E-state index >= 15 is 0 Å². The van der Waals surface area contributed by atoms with E-state index in [9.17, 15) is 9.59 Å². The molecule has 2 aromatic carbocycles. The monoisotopic (exact) mass is 475 g/mol. The first-order chi connectivity index (χ1) is 15.5. The highest BCUT2D eigenvalue weighted by Crippen LogP contribution is 2.33. The molecular weight excluding hydrogens is 450 g/mol.